The van der Waals surface area contributed by atoms with E-state index in [0.29, 0.717) is 23.9 Å². The van der Waals surface area contributed by atoms with Gasteiger partial charge in [-0.2, -0.15) is 5.10 Å². The van der Waals surface area contributed by atoms with E-state index >= 15 is 0 Å². The quantitative estimate of drug-likeness (QED) is 0.750. The van der Waals surface area contributed by atoms with Gasteiger partial charge in [0.25, 0.3) is 5.56 Å². The molecule has 1 amide bonds. The average molecular weight is 337 g/mol. The highest BCUT2D eigenvalue weighted by Gasteiger charge is 2.10. The van der Waals surface area contributed by atoms with Gasteiger partial charge in [0.1, 0.15) is 5.75 Å². The topological polar surface area (TPSA) is 84.1 Å². The molecule has 128 valence electrons. The monoisotopic (exact) mass is 337 g/mol. The van der Waals surface area contributed by atoms with Crippen molar-refractivity contribution in [1.29, 1.82) is 0 Å². The van der Waals surface area contributed by atoms with Crippen molar-refractivity contribution in [3.8, 4) is 5.75 Å². The molecule has 2 aromatic carbocycles. The molecule has 1 heterocycles. The molecule has 0 aliphatic carbocycles. The number of amides is 1. The summed E-state index contributed by atoms with van der Waals surface area (Å²) >= 11 is 0. The van der Waals surface area contributed by atoms with Crippen LogP contribution in [0.4, 0.5) is 5.69 Å². The third-order valence-corrected chi connectivity index (χ3v) is 3.98. The van der Waals surface area contributed by atoms with Gasteiger partial charge in [0, 0.05) is 23.9 Å². The van der Waals surface area contributed by atoms with Crippen LogP contribution in [0.5, 0.6) is 5.75 Å². The number of rotatable bonds is 5. The first kappa shape index (κ1) is 16.7. The Morgan fingerprint density at radius 3 is 2.80 bits per heavy atom. The highest BCUT2D eigenvalue weighted by Crippen LogP contribution is 2.22. The summed E-state index contributed by atoms with van der Waals surface area (Å²) in [6.07, 6.45) is 0.941. The number of fused-ring (bicyclic) bond motifs is 1. The minimum absolute atomic E-state index is 0.0959. The summed E-state index contributed by atoms with van der Waals surface area (Å²) in [7, 11) is 1.62. The van der Waals surface area contributed by atoms with Crippen LogP contribution in [0.1, 0.15) is 24.6 Å². The molecular formula is C19H19N3O3. The second kappa shape index (κ2) is 7.17. The summed E-state index contributed by atoms with van der Waals surface area (Å²) < 4.78 is 5.24. The number of methoxy groups -OCH3 is 1. The lowest BCUT2D eigenvalue weighted by Crippen LogP contribution is -2.13. The highest BCUT2D eigenvalue weighted by atomic mass is 16.5. The van der Waals surface area contributed by atoms with Gasteiger partial charge in [0.15, 0.2) is 0 Å². The SMILES string of the molecule is CCC(=O)Nc1ccc2c(Cc3cccc(OC)c3)n[nH]c(=O)c2c1. The molecule has 0 fully saturated rings. The predicted molar refractivity (Wildman–Crippen MR) is 97.1 cm³/mol. The van der Waals surface area contributed by atoms with Gasteiger partial charge < -0.3 is 10.1 Å². The lowest BCUT2D eigenvalue weighted by atomic mass is 10.0. The number of hydrogen-bond acceptors (Lipinski definition) is 4. The van der Waals surface area contributed by atoms with E-state index in [1.165, 1.54) is 0 Å². The first-order chi connectivity index (χ1) is 12.1. The second-order valence-corrected chi connectivity index (χ2v) is 5.69. The van der Waals surface area contributed by atoms with Gasteiger partial charge >= 0.3 is 0 Å². The predicted octanol–water partition coefficient (Wildman–Crippen LogP) is 2.87. The van der Waals surface area contributed by atoms with Crippen LogP contribution in [-0.4, -0.2) is 23.2 Å². The Kier molecular flexibility index (Phi) is 4.79. The van der Waals surface area contributed by atoms with Gasteiger partial charge in [-0.25, -0.2) is 5.10 Å². The average Bonchev–Trinajstić information content (AvgIpc) is 2.64. The van der Waals surface area contributed by atoms with Crippen LogP contribution in [0.15, 0.2) is 47.3 Å². The number of benzene rings is 2. The van der Waals surface area contributed by atoms with Gasteiger partial charge in [-0.15, -0.1) is 0 Å². The second-order valence-electron chi connectivity index (χ2n) is 5.69. The summed E-state index contributed by atoms with van der Waals surface area (Å²) in [5.74, 6) is 0.678. The zero-order chi connectivity index (χ0) is 17.8. The van der Waals surface area contributed by atoms with Gasteiger partial charge in [0.2, 0.25) is 5.91 Å². The fourth-order valence-corrected chi connectivity index (χ4v) is 2.66. The number of anilines is 1. The zero-order valence-electron chi connectivity index (χ0n) is 14.1. The van der Waals surface area contributed by atoms with Crippen LogP contribution in [0, 0.1) is 0 Å². The number of aromatic nitrogens is 2. The molecule has 0 unspecified atom stereocenters. The van der Waals surface area contributed by atoms with Crippen LogP contribution in [0.25, 0.3) is 10.8 Å². The van der Waals surface area contributed by atoms with Crippen LogP contribution in [0.3, 0.4) is 0 Å². The van der Waals surface area contributed by atoms with E-state index in [1.54, 1.807) is 26.2 Å². The van der Waals surface area contributed by atoms with Crippen molar-refractivity contribution in [3.63, 3.8) is 0 Å². The Hall–Kier alpha value is -3.15. The molecule has 0 spiro atoms. The number of carbonyl (C=O) groups excluding carboxylic acids is 1. The maximum absolute atomic E-state index is 12.1. The molecule has 6 nitrogen and oxygen atoms in total. The van der Waals surface area contributed by atoms with Gasteiger partial charge in [0.05, 0.1) is 18.2 Å². The number of hydrogen-bond donors (Lipinski definition) is 2. The smallest absolute Gasteiger partial charge is 0.272 e. The van der Waals surface area contributed by atoms with E-state index in [-0.39, 0.29) is 11.5 Å². The molecule has 0 saturated heterocycles. The van der Waals surface area contributed by atoms with Crippen molar-refractivity contribution in [1.82, 2.24) is 10.2 Å². The van der Waals surface area contributed by atoms with Crippen molar-refractivity contribution < 1.29 is 9.53 Å². The molecule has 0 atom stereocenters. The maximum Gasteiger partial charge on any atom is 0.272 e. The molecule has 3 aromatic rings. The number of H-pyrrole nitrogens is 1. The van der Waals surface area contributed by atoms with E-state index in [2.05, 4.69) is 15.5 Å². The van der Waals surface area contributed by atoms with E-state index in [9.17, 15) is 9.59 Å². The molecule has 6 heteroatoms. The molecule has 0 bridgehead atoms. The van der Waals surface area contributed by atoms with Crippen LogP contribution < -0.4 is 15.6 Å². The number of nitrogens with zero attached hydrogens (tertiary/aromatic N) is 1. The number of aromatic amines is 1. The Labute approximate surface area is 144 Å². The van der Waals surface area contributed by atoms with Crippen molar-refractivity contribution in [2.75, 3.05) is 12.4 Å². The van der Waals surface area contributed by atoms with Crippen molar-refractivity contribution in [2.45, 2.75) is 19.8 Å². The van der Waals surface area contributed by atoms with Gasteiger partial charge in [-0.1, -0.05) is 25.1 Å². The molecule has 0 saturated carbocycles. The molecule has 0 aliphatic rings. The molecule has 1 aromatic heterocycles. The summed E-state index contributed by atoms with van der Waals surface area (Å²) in [5, 5.41) is 10.8. The van der Waals surface area contributed by atoms with Crippen molar-refractivity contribution in [2.24, 2.45) is 0 Å². The summed E-state index contributed by atoms with van der Waals surface area (Å²) in [6.45, 7) is 1.78. The van der Waals surface area contributed by atoms with Crippen LogP contribution in [0.2, 0.25) is 0 Å². The third kappa shape index (κ3) is 3.68. The van der Waals surface area contributed by atoms with E-state index < -0.39 is 0 Å². The van der Waals surface area contributed by atoms with Crippen molar-refractivity contribution >= 4 is 22.4 Å². The molecule has 0 radical (unpaired) electrons. The van der Waals surface area contributed by atoms with E-state index in [0.717, 1.165) is 22.4 Å². The summed E-state index contributed by atoms with van der Waals surface area (Å²) in [5.41, 5.74) is 2.11. The molecule has 2 N–H and O–H groups in total. The van der Waals surface area contributed by atoms with Crippen LogP contribution in [-0.2, 0) is 11.2 Å². The number of ether oxygens (including phenoxy) is 1. The number of carbonyl (C=O) groups is 1. The Morgan fingerprint density at radius 2 is 2.04 bits per heavy atom. The highest BCUT2D eigenvalue weighted by molar-refractivity contribution is 5.94. The first-order valence-corrected chi connectivity index (χ1v) is 8.05. The molecule has 25 heavy (non-hydrogen) atoms. The Bertz CT molecular complexity index is 979. The fraction of sp³-hybridized carbons (Fsp3) is 0.211. The van der Waals surface area contributed by atoms with E-state index in [1.807, 2.05) is 30.3 Å². The lowest BCUT2D eigenvalue weighted by molar-refractivity contribution is -0.115. The molecular weight excluding hydrogens is 318 g/mol. The summed E-state index contributed by atoms with van der Waals surface area (Å²) in [4.78, 5) is 23.7. The standard InChI is InChI=1S/C19H19N3O3/c1-3-18(23)20-13-7-8-15-16(11-13)19(24)22-21-17(15)10-12-5-4-6-14(9-12)25-2/h4-9,11H,3,10H2,1-2H3,(H,20,23)(H,22,24). The lowest BCUT2D eigenvalue weighted by Gasteiger charge is -2.09. The Balaban J connectivity index is 2.00. The largest absolute Gasteiger partial charge is 0.497 e. The van der Waals surface area contributed by atoms with Crippen molar-refractivity contribution in [3.05, 3.63) is 64.1 Å². The van der Waals surface area contributed by atoms with Gasteiger partial charge in [-0.3, -0.25) is 9.59 Å². The fourth-order valence-electron chi connectivity index (χ4n) is 2.66. The minimum Gasteiger partial charge on any atom is -0.497 e. The van der Waals surface area contributed by atoms with Crippen LogP contribution >= 0.6 is 0 Å². The normalized spacial score (nSPS) is 10.6. The minimum atomic E-state index is -0.281. The van der Waals surface area contributed by atoms with E-state index in [4.69, 9.17) is 4.74 Å². The Morgan fingerprint density at radius 1 is 1.20 bits per heavy atom. The zero-order valence-corrected chi connectivity index (χ0v) is 14.1. The third-order valence-electron chi connectivity index (χ3n) is 3.98. The first-order valence-electron chi connectivity index (χ1n) is 8.05. The summed E-state index contributed by atoms with van der Waals surface area (Å²) in [6, 6.07) is 13.0. The maximum atomic E-state index is 12.1. The molecule has 0 aliphatic heterocycles. The van der Waals surface area contributed by atoms with Gasteiger partial charge in [-0.05, 0) is 29.8 Å². The molecule has 3 rings (SSSR count). The number of nitrogens with one attached hydrogen (secondary N) is 2.